The van der Waals surface area contributed by atoms with Crippen molar-refractivity contribution in [1.82, 2.24) is 25.0 Å². The molecule has 210 valence electrons. The number of aryl methyl sites for hydroxylation is 2. The van der Waals surface area contributed by atoms with Gasteiger partial charge in [-0.15, -0.1) is 0 Å². The average Bonchev–Trinajstić information content (AvgIpc) is 3.19. The standard InChI is InChI=1S/C27H33F3N6O3/c1-16-3-5-18(12-31-16)26(39)9-7-20(8-10-26)36-14-19(15-36)33-23(37)13-32-25-21-11-17(24(38)27(28,29)30)4-6-22(21)35(2)34-25/h3-6,11-12,19-20,24,38-39H,7-10,13-15H2,1-2H3,(H,32,34)(H,33,37). The number of halogens is 3. The molecule has 1 aliphatic heterocycles. The van der Waals surface area contributed by atoms with Crippen molar-refractivity contribution >= 4 is 22.6 Å². The van der Waals surface area contributed by atoms with Gasteiger partial charge in [0.25, 0.3) is 0 Å². The number of rotatable bonds is 7. The van der Waals surface area contributed by atoms with Crippen molar-refractivity contribution in [3.05, 3.63) is 53.3 Å². The number of aliphatic hydroxyl groups is 2. The number of alkyl halides is 3. The van der Waals surface area contributed by atoms with Gasteiger partial charge >= 0.3 is 6.18 Å². The average molecular weight is 547 g/mol. The zero-order valence-electron chi connectivity index (χ0n) is 21.9. The van der Waals surface area contributed by atoms with E-state index in [0.717, 1.165) is 37.2 Å². The SMILES string of the molecule is Cc1ccc(C2(O)CCC(N3CC(NC(=O)CNc4nn(C)c5ccc(C(O)C(F)(F)F)cc45)C3)CC2)cn1. The van der Waals surface area contributed by atoms with E-state index in [9.17, 15) is 28.2 Å². The topological polar surface area (TPSA) is 116 Å². The van der Waals surface area contributed by atoms with Gasteiger partial charge < -0.3 is 20.8 Å². The maximum absolute atomic E-state index is 13.0. The number of carbonyl (C=O) groups is 1. The lowest BCUT2D eigenvalue weighted by Crippen LogP contribution is -2.63. The van der Waals surface area contributed by atoms with Crippen molar-refractivity contribution in [2.24, 2.45) is 7.05 Å². The molecule has 9 nitrogen and oxygen atoms in total. The van der Waals surface area contributed by atoms with Crippen molar-refractivity contribution in [3.8, 4) is 0 Å². The quantitative estimate of drug-likeness (QED) is 0.360. The third-order valence-electron chi connectivity index (χ3n) is 7.94. The van der Waals surface area contributed by atoms with Gasteiger partial charge in [0.05, 0.1) is 23.7 Å². The molecule has 1 saturated carbocycles. The van der Waals surface area contributed by atoms with Crippen LogP contribution in [0.5, 0.6) is 0 Å². The fourth-order valence-electron chi connectivity index (χ4n) is 5.59. The van der Waals surface area contributed by atoms with E-state index in [1.54, 1.807) is 13.2 Å². The molecule has 3 aromatic rings. The lowest BCUT2D eigenvalue weighted by molar-refractivity contribution is -0.206. The lowest BCUT2D eigenvalue weighted by Gasteiger charge is -2.48. The van der Waals surface area contributed by atoms with Gasteiger partial charge in [-0.3, -0.25) is 19.4 Å². The Bertz CT molecular complexity index is 1330. The van der Waals surface area contributed by atoms with Gasteiger partial charge in [-0.05, 0) is 56.4 Å². The van der Waals surface area contributed by atoms with E-state index in [-0.39, 0.29) is 29.9 Å². The van der Waals surface area contributed by atoms with Gasteiger partial charge in [0.2, 0.25) is 5.91 Å². The zero-order chi connectivity index (χ0) is 27.9. The predicted octanol–water partition coefficient (Wildman–Crippen LogP) is 2.92. The van der Waals surface area contributed by atoms with Crippen LogP contribution in [0.25, 0.3) is 10.9 Å². The van der Waals surface area contributed by atoms with Crippen LogP contribution in [0.15, 0.2) is 36.5 Å². The molecule has 12 heteroatoms. The molecule has 2 aromatic heterocycles. The second kappa shape index (κ2) is 10.4. The molecular formula is C27H33F3N6O3. The number of aliphatic hydroxyl groups excluding tert-OH is 1. The summed E-state index contributed by atoms with van der Waals surface area (Å²) in [6.07, 6.45) is -2.56. The monoisotopic (exact) mass is 546 g/mol. The normalized spacial score (nSPS) is 23.4. The first kappa shape index (κ1) is 27.4. The fraction of sp³-hybridized carbons (Fsp3) is 0.519. The molecule has 2 aliphatic rings. The molecule has 5 rings (SSSR count). The van der Waals surface area contributed by atoms with Crippen molar-refractivity contribution in [3.63, 3.8) is 0 Å². The summed E-state index contributed by atoms with van der Waals surface area (Å²) >= 11 is 0. The Kier molecular flexibility index (Phi) is 7.29. The van der Waals surface area contributed by atoms with Gasteiger partial charge in [0.1, 0.15) is 0 Å². The molecule has 1 saturated heterocycles. The number of amides is 1. The number of hydrogen-bond donors (Lipinski definition) is 4. The number of pyridine rings is 1. The zero-order valence-corrected chi connectivity index (χ0v) is 21.9. The number of carbonyl (C=O) groups excluding carboxylic acids is 1. The Balaban J connectivity index is 1.10. The summed E-state index contributed by atoms with van der Waals surface area (Å²) in [6, 6.07) is 8.16. The minimum absolute atomic E-state index is 0.00965. The number of hydrogen-bond acceptors (Lipinski definition) is 7. The predicted molar refractivity (Wildman–Crippen MR) is 139 cm³/mol. The largest absolute Gasteiger partial charge is 0.418 e. The molecule has 0 radical (unpaired) electrons. The Morgan fingerprint density at radius 1 is 1.21 bits per heavy atom. The van der Waals surface area contributed by atoms with Crippen molar-refractivity contribution in [2.45, 2.75) is 62.6 Å². The summed E-state index contributed by atoms with van der Waals surface area (Å²) in [6.45, 7) is 3.29. The number of likely N-dealkylation sites (tertiary alicyclic amines) is 1. The van der Waals surface area contributed by atoms with Crippen molar-refractivity contribution in [2.75, 3.05) is 25.0 Å². The molecule has 3 heterocycles. The second-order valence-electron chi connectivity index (χ2n) is 10.7. The number of fused-ring (bicyclic) bond motifs is 1. The third kappa shape index (κ3) is 5.73. The van der Waals surface area contributed by atoms with Crippen LogP contribution in [0.2, 0.25) is 0 Å². The second-order valence-corrected chi connectivity index (χ2v) is 10.7. The molecule has 1 aliphatic carbocycles. The molecule has 4 N–H and O–H groups in total. The molecule has 2 fully saturated rings. The van der Waals surface area contributed by atoms with Crippen LogP contribution in [-0.4, -0.2) is 73.7 Å². The van der Waals surface area contributed by atoms with E-state index in [1.807, 2.05) is 19.1 Å². The third-order valence-corrected chi connectivity index (χ3v) is 7.94. The Morgan fingerprint density at radius 3 is 2.56 bits per heavy atom. The van der Waals surface area contributed by atoms with Crippen LogP contribution in [0.4, 0.5) is 19.0 Å². The molecular weight excluding hydrogens is 513 g/mol. The number of nitrogens with zero attached hydrogens (tertiary/aromatic N) is 4. The first-order chi connectivity index (χ1) is 18.4. The minimum atomic E-state index is -4.78. The molecule has 39 heavy (non-hydrogen) atoms. The van der Waals surface area contributed by atoms with Gasteiger partial charge in [0, 0.05) is 49.0 Å². The number of aromatic nitrogens is 3. The van der Waals surface area contributed by atoms with Gasteiger partial charge in [-0.2, -0.15) is 18.3 Å². The molecule has 1 aromatic carbocycles. The summed E-state index contributed by atoms with van der Waals surface area (Å²) in [5.74, 6) is 0.0300. The molecule has 1 atom stereocenters. The maximum Gasteiger partial charge on any atom is 0.418 e. The summed E-state index contributed by atoms with van der Waals surface area (Å²) in [7, 11) is 1.65. The molecule has 1 unspecified atom stereocenters. The van der Waals surface area contributed by atoms with Gasteiger partial charge in [0.15, 0.2) is 11.9 Å². The number of benzene rings is 1. The van der Waals surface area contributed by atoms with E-state index < -0.39 is 17.9 Å². The smallest absolute Gasteiger partial charge is 0.385 e. The Labute approximate surface area is 224 Å². The Morgan fingerprint density at radius 2 is 1.92 bits per heavy atom. The van der Waals surface area contributed by atoms with Crippen LogP contribution < -0.4 is 10.6 Å². The van der Waals surface area contributed by atoms with E-state index in [4.69, 9.17) is 0 Å². The molecule has 0 spiro atoms. The highest BCUT2D eigenvalue weighted by Gasteiger charge is 2.41. The van der Waals surface area contributed by atoms with Crippen LogP contribution in [0.1, 0.15) is 48.6 Å². The first-order valence-corrected chi connectivity index (χ1v) is 13.1. The minimum Gasteiger partial charge on any atom is -0.385 e. The van der Waals surface area contributed by atoms with E-state index in [2.05, 4.69) is 25.6 Å². The van der Waals surface area contributed by atoms with Crippen LogP contribution >= 0.6 is 0 Å². The molecule has 0 bridgehead atoms. The maximum atomic E-state index is 13.0. The Hall–Kier alpha value is -3.22. The van der Waals surface area contributed by atoms with E-state index >= 15 is 0 Å². The highest BCUT2D eigenvalue weighted by atomic mass is 19.4. The summed E-state index contributed by atoms with van der Waals surface area (Å²) in [5.41, 5.74) is 1.22. The highest BCUT2D eigenvalue weighted by Crippen LogP contribution is 2.39. The first-order valence-electron chi connectivity index (χ1n) is 13.1. The van der Waals surface area contributed by atoms with Crippen LogP contribution in [-0.2, 0) is 17.4 Å². The fourth-order valence-corrected chi connectivity index (χ4v) is 5.59. The van der Waals surface area contributed by atoms with Crippen molar-refractivity contribution < 1.29 is 28.2 Å². The van der Waals surface area contributed by atoms with Gasteiger partial charge in [-0.1, -0.05) is 12.1 Å². The number of anilines is 1. The summed E-state index contributed by atoms with van der Waals surface area (Å²) < 4.78 is 40.4. The highest BCUT2D eigenvalue weighted by molar-refractivity contribution is 5.92. The lowest BCUT2D eigenvalue weighted by atomic mass is 9.77. The number of nitrogens with one attached hydrogen (secondary N) is 2. The van der Waals surface area contributed by atoms with Crippen molar-refractivity contribution in [1.29, 1.82) is 0 Å². The summed E-state index contributed by atoms with van der Waals surface area (Å²) in [5, 5.41) is 31.3. The van der Waals surface area contributed by atoms with E-state index in [1.165, 1.54) is 22.9 Å². The summed E-state index contributed by atoms with van der Waals surface area (Å²) in [4.78, 5) is 19.2. The van der Waals surface area contributed by atoms with Gasteiger partial charge in [-0.25, -0.2) is 0 Å². The van der Waals surface area contributed by atoms with E-state index in [0.29, 0.717) is 29.8 Å². The van der Waals surface area contributed by atoms with Crippen LogP contribution in [0.3, 0.4) is 0 Å². The van der Waals surface area contributed by atoms with Crippen LogP contribution in [0, 0.1) is 6.92 Å². The molecule has 1 amide bonds.